The number of carbonyl (C=O) groups is 1. The number of aliphatic imine (C=N–C) groups is 1. The van der Waals surface area contributed by atoms with Gasteiger partial charge in [0.25, 0.3) is 5.91 Å². The molecule has 2 aromatic rings. The number of nitrogens with zero attached hydrogens (tertiary/aromatic N) is 4. The summed E-state index contributed by atoms with van der Waals surface area (Å²) >= 11 is 1.66. The highest BCUT2D eigenvalue weighted by molar-refractivity contribution is 7.99. The molecule has 35 heavy (non-hydrogen) atoms. The van der Waals surface area contributed by atoms with Crippen LogP contribution in [0.15, 0.2) is 65.6 Å². The highest BCUT2D eigenvalue weighted by atomic mass is 32.2. The van der Waals surface area contributed by atoms with Crippen LogP contribution in [0.25, 0.3) is 17.0 Å². The number of hydrogen-bond donors (Lipinski definition) is 1. The normalized spacial score (nSPS) is 22.6. The van der Waals surface area contributed by atoms with E-state index in [0.717, 1.165) is 47.0 Å². The highest BCUT2D eigenvalue weighted by Crippen LogP contribution is 2.41. The smallest absolute Gasteiger partial charge is 0.255 e. The summed E-state index contributed by atoms with van der Waals surface area (Å²) < 4.78 is 16.1. The van der Waals surface area contributed by atoms with Crippen LogP contribution >= 0.6 is 11.8 Å². The van der Waals surface area contributed by atoms with E-state index in [1.807, 2.05) is 56.8 Å². The molecular formula is C27H28FN5OS. The van der Waals surface area contributed by atoms with E-state index in [9.17, 15) is 9.18 Å². The summed E-state index contributed by atoms with van der Waals surface area (Å²) in [4.78, 5) is 24.5. The van der Waals surface area contributed by atoms with E-state index in [0.29, 0.717) is 12.0 Å². The second-order valence-corrected chi connectivity index (χ2v) is 9.79. The third-order valence-electron chi connectivity index (χ3n) is 6.60. The fraction of sp³-hybridized carbons (Fsp3) is 0.296. The summed E-state index contributed by atoms with van der Waals surface area (Å²) in [5, 5.41) is 2.96. The largest absolute Gasteiger partial charge is 0.343 e. The van der Waals surface area contributed by atoms with Crippen LogP contribution in [0.2, 0.25) is 0 Å². The molecule has 5 rings (SSSR count). The lowest BCUT2D eigenvalue weighted by molar-refractivity contribution is 0.0970. The molecule has 1 N–H and O–H groups in total. The number of halogens is 1. The van der Waals surface area contributed by atoms with Gasteiger partial charge in [-0.25, -0.2) is 9.37 Å². The van der Waals surface area contributed by atoms with Crippen molar-refractivity contribution in [3.05, 3.63) is 83.4 Å². The molecule has 2 aliphatic heterocycles. The number of amides is 1. The molecule has 3 heterocycles. The van der Waals surface area contributed by atoms with Crippen LogP contribution in [0.4, 0.5) is 4.39 Å². The van der Waals surface area contributed by atoms with Crippen molar-refractivity contribution in [3.63, 3.8) is 0 Å². The first-order chi connectivity index (χ1) is 17.0. The maximum absolute atomic E-state index is 14.0. The molecule has 1 amide bonds. The molecule has 2 unspecified atom stereocenters. The molecule has 180 valence electrons. The molecule has 0 spiro atoms. The first kappa shape index (κ1) is 23.4. The van der Waals surface area contributed by atoms with Crippen molar-refractivity contribution >= 4 is 40.9 Å². The molecule has 1 aromatic carbocycles. The van der Waals surface area contributed by atoms with Crippen molar-refractivity contribution in [2.75, 3.05) is 13.3 Å². The predicted octanol–water partition coefficient (Wildman–Crippen LogP) is 5.34. The third kappa shape index (κ3) is 4.38. The van der Waals surface area contributed by atoms with Crippen molar-refractivity contribution in [3.8, 4) is 0 Å². The molecule has 1 aliphatic carbocycles. The van der Waals surface area contributed by atoms with E-state index < -0.39 is 0 Å². The first-order valence-electron chi connectivity index (χ1n) is 11.7. The second kappa shape index (κ2) is 9.70. The number of rotatable bonds is 5. The minimum absolute atomic E-state index is 0.0131. The van der Waals surface area contributed by atoms with E-state index in [4.69, 9.17) is 4.98 Å². The molecule has 8 heteroatoms. The summed E-state index contributed by atoms with van der Waals surface area (Å²) in [5.74, 6) is 0.693. The Balaban J connectivity index is 1.60. The summed E-state index contributed by atoms with van der Waals surface area (Å²) in [6.45, 7) is 2.04. The summed E-state index contributed by atoms with van der Waals surface area (Å²) in [5.41, 5.74) is 5.38. The quantitative estimate of drug-likeness (QED) is 0.616. The SMILES string of the molecule is CSC1N=CC=C(c2c(C3=CC=C(F)CC3C)nc3n2/C(=C/NC(=O)c2ccccc2)CC3)N1C. The van der Waals surface area contributed by atoms with Crippen molar-refractivity contribution < 1.29 is 9.18 Å². The predicted molar refractivity (Wildman–Crippen MR) is 141 cm³/mol. The number of allylic oxidation sites excluding steroid dienone is 6. The van der Waals surface area contributed by atoms with Crippen LogP contribution in [0.3, 0.4) is 0 Å². The van der Waals surface area contributed by atoms with Gasteiger partial charge in [-0.15, -0.1) is 11.8 Å². The molecular weight excluding hydrogens is 461 g/mol. The summed E-state index contributed by atoms with van der Waals surface area (Å²) in [6.07, 6.45) is 13.0. The number of aryl methyl sites for hydroxylation is 1. The van der Waals surface area contributed by atoms with Gasteiger partial charge in [-0.05, 0) is 48.5 Å². The Morgan fingerprint density at radius 3 is 2.74 bits per heavy atom. The number of imidazole rings is 1. The molecule has 0 saturated heterocycles. The Morgan fingerprint density at radius 1 is 1.20 bits per heavy atom. The van der Waals surface area contributed by atoms with E-state index in [-0.39, 0.29) is 23.1 Å². The summed E-state index contributed by atoms with van der Waals surface area (Å²) in [6, 6.07) is 9.17. The molecule has 6 nitrogen and oxygen atoms in total. The zero-order valence-corrected chi connectivity index (χ0v) is 20.8. The van der Waals surface area contributed by atoms with Gasteiger partial charge in [-0.1, -0.05) is 31.2 Å². The Hall–Kier alpha value is -3.39. The van der Waals surface area contributed by atoms with Crippen molar-refractivity contribution in [1.29, 1.82) is 0 Å². The van der Waals surface area contributed by atoms with Gasteiger partial charge < -0.3 is 10.2 Å². The number of aromatic nitrogens is 2. The maximum Gasteiger partial charge on any atom is 0.255 e. The Bertz CT molecular complexity index is 1300. The fourth-order valence-electron chi connectivity index (χ4n) is 4.81. The number of nitrogens with one attached hydrogen (secondary N) is 1. The number of fused-ring (bicyclic) bond motifs is 1. The van der Waals surface area contributed by atoms with Crippen LogP contribution in [0.1, 0.15) is 47.3 Å². The minimum Gasteiger partial charge on any atom is -0.343 e. The average Bonchev–Trinajstić information content (AvgIpc) is 3.43. The molecule has 1 aromatic heterocycles. The van der Waals surface area contributed by atoms with Gasteiger partial charge in [0.2, 0.25) is 0 Å². The Labute approximate surface area is 209 Å². The lowest BCUT2D eigenvalue weighted by Crippen LogP contribution is -2.30. The Morgan fingerprint density at radius 2 is 2.00 bits per heavy atom. The lowest BCUT2D eigenvalue weighted by atomic mass is 9.89. The number of hydrogen-bond acceptors (Lipinski definition) is 5. The zero-order chi connectivity index (χ0) is 24.5. The number of carbonyl (C=O) groups excluding carboxylic acids is 1. The van der Waals surface area contributed by atoms with Crippen LogP contribution in [-0.4, -0.2) is 45.4 Å². The van der Waals surface area contributed by atoms with Crippen molar-refractivity contribution in [2.24, 2.45) is 10.9 Å². The number of thioether (sulfide) groups is 1. The molecule has 0 radical (unpaired) electrons. The summed E-state index contributed by atoms with van der Waals surface area (Å²) in [7, 11) is 2.03. The lowest BCUT2D eigenvalue weighted by Gasteiger charge is -2.31. The van der Waals surface area contributed by atoms with Gasteiger partial charge in [0.1, 0.15) is 11.7 Å². The topological polar surface area (TPSA) is 62.5 Å². The molecule has 3 aliphatic rings. The van der Waals surface area contributed by atoms with E-state index in [1.165, 1.54) is 0 Å². The van der Waals surface area contributed by atoms with Gasteiger partial charge in [0.05, 0.1) is 17.1 Å². The van der Waals surface area contributed by atoms with Gasteiger partial charge >= 0.3 is 0 Å². The second-order valence-electron chi connectivity index (χ2n) is 8.90. The van der Waals surface area contributed by atoms with Crippen molar-refractivity contribution in [2.45, 2.75) is 31.7 Å². The zero-order valence-electron chi connectivity index (χ0n) is 20.0. The average molecular weight is 490 g/mol. The van der Waals surface area contributed by atoms with Crippen LogP contribution in [0, 0.1) is 5.92 Å². The minimum atomic E-state index is -0.152. The van der Waals surface area contributed by atoms with E-state index in [2.05, 4.69) is 19.8 Å². The first-order valence-corrected chi connectivity index (χ1v) is 13.0. The monoisotopic (exact) mass is 489 g/mol. The number of benzene rings is 1. The van der Waals surface area contributed by atoms with Crippen LogP contribution in [0.5, 0.6) is 0 Å². The Kier molecular flexibility index (Phi) is 6.47. The van der Waals surface area contributed by atoms with Crippen molar-refractivity contribution in [1.82, 2.24) is 19.8 Å². The third-order valence-corrected chi connectivity index (χ3v) is 7.46. The molecule has 2 atom stereocenters. The van der Waals surface area contributed by atoms with E-state index in [1.54, 1.807) is 36.2 Å². The van der Waals surface area contributed by atoms with Gasteiger partial charge in [0, 0.05) is 43.6 Å². The van der Waals surface area contributed by atoms with Gasteiger partial charge in [0.15, 0.2) is 5.50 Å². The van der Waals surface area contributed by atoms with E-state index >= 15 is 0 Å². The fourth-order valence-corrected chi connectivity index (χ4v) is 5.43. The van der Waals surface area contributed by atoms with Gasteiger partial charge in [-0.2, -0.15) is 0 Å². The molecule has 0 fully saturated rings. The van der Waals surface area contributed by atoms with Crippen LogP contribution in [-0.2, 0) is 6.42 Å². The van der Waals surface area contributed by atoms with Gasteiger partial charge in [-0.3, -0.25) is 14.4 Å². The standard InChI is InChI=1S/C27H28FN5OS/c1-17-15-19(28)9-11-21(17)24-25(22-13-14-29-27(35-3)32(22)2)33-20(10-12-23(33)31-24)16-30-26(34)18-7-5-4-6-8-18/h4-9,11,13-14,16-17,27H,10,12,15H2,1-3H3,(H,30,34)/b20-16+. The maximum atomic E-state index is 14.0. The van der Waals surface area contributed by atoms with Crippen LogP contribution < -0.4 is 5.32 Å². The highest BCUT2D eigenvalue weighted by Gasteiger charge is 2.33. The molecule has 0 bridgehead atoms. The molecule has 0 saturated carbocycles.